The molecule has 28 heavy (non-hydrogen) atoms. The van der Waals surface area contributed by atoms with Crippen LogP contribution in [0.25, 0.3) is 5.73 Å². The summed E-state index contributed by atoms with van der Waals surface area (Å²) in [6.45, 7) is 12.8. The third-order valence-corrected chi connectivity index (χ3v) is 3.02. The summed E-state index contributed by atoms with van der Waals surface area (Å²) >= 11 is 0. The zero-order valence-electron chi connectivity index (χ0n) is 17.0. The van der Waals surface area contributed by atoms with Crippen LogP contribution in [0.1, 0.15) is 61.2 Å². The topological polar surface area (TPSA) is 171 Å². The monoisotopic (exact) mass is 611 g/mol. The predicted octanol–water partition coefficient (Wildman–Crippen LogP) is 3.45. The van der Waals surface area contributed by atoms with Crippen LogP contribution in [0.2, 0.25) is 0 Å². The molecular formula is C16H37N2O8PPt. The summed E-state index contributed by atoms with van der Waals surface area (Å²) in [5, 5.41) is 24.2. The molecule has 12 heteroatoms. The molecule has 174 valence electrons. The Labute approximate surface area is 185 Å². The first-order valence-electron chi connectivity index (χ1n) is 8.74. The molecule has 4 N–H and O–H groups in total. The van der Waals surface area contributed by atoms with Gasteiger partial charge in [0.2, 0.25) is 6.04 Å². The quantitative estimate of drug-likeness (QED) is 0.0836. The van der Waals surface area contributed by atoms with Crippen LogP contribution in [0.5, 0.6) is 0 Å². The molecule has 10 nitrogen and oxygen atoms in total. The summed E-state index contributed by atoms with van der Waals surface area (Å²) < 4.78 is 11.6. The van der Waals surface area contributed by atoms with Gasteiger partial charge in [-0.3, -0.25) is 4.90 Å². The van der Waals surface area contributed by atoms with Gasteiger partial charge in [0.1, 0.15) is 0 Å². The van der Waals surface area contributed by atoms with Gasteiger partial charge in [0, 0.05) is 6.10 Å². The number of aliphatic carboxylic acids is 2. The summed E-state index contributed by atoms with van der Waals surface area (Å²) in [7, 11) is -3.04. The average Bonchev–Trinajstić information content (AvgIpc) is 2.64. The van der Waals surface area contributed by atoms with E-state index in [-0.39, 0.29) is 22.5 Å². The van der Waals surface area contributed by atoms with Crippen LogP contribution < -0.4 is 4.89 Å². The van der Waals surface area contributed by atoms with Gasteiger partial charge in [-0.2, -0.15) is 13.0 Å². The Morgan fingerprint density at radius 1 is 1.14 bits per heavy atom. The summed E-state index contributed by atoms with van der Waals surface area (Å²) in [5.74, 6) is -2.63. The predicted molar refractivity (Wildman–Crippen MR) is 104 cm³/mol. The first kappa shape index (κ1) is 38.2. The van der Waals surface area contributed by atoms with Crippen LogP contribution in [0, 0.1) is 6.92 Å². The molecule has 0 rings (SSSR count). The van der Waals surface area contributed by atoms with Gasteiger partial charge in [0.05, 0.1) is 0 Å². The normalized spacial score (nSPS) is 9.57. The van der Waals surface area contributed by atoms with Crippen molar-refractivity contribution in [1.29, 1.82) is 0 Å². The fraction of sp³-hybridized carbons (Fsp3) is 0.812. The molecule has 0 spiro atoms. The maximum absolute atomic E-state index is 10.5. The maximum Gasteiger partial charge on any atom is 2.00 e. The second-order valence-electron chi connectivity index (χ2n) is 4.92. The number of hydrogen-bond donors (Lipinski definition) is 3. The van der Waals surface area contributed by atoms with E-state index in [1.807, 2.05) is 0 Å². The number of nitrogens with zero attached hydrogens (tertiary/aromatic N) is 1. The number of carboxylic acids is 2. The zero-order chi connectivity index (χ0) is 22.3. The van der Waals surface area contributed by atoms with E-state index in [2.05, 4.69) is 25.4 Å². The number of carbonyl (C=O) groups is 2. The standard InChI is InChI=1S/C7H13NO4.C5H11N.C4H10.HO4P.Pt.H2/c1-3-8(4-2)5(6(9)10)7(11)12;1-2-3-4-5-6;1-3-4-2;1-4-5(2)3;;/h5H,3-4H2,1-2H3,(H,9,10)(H,11,12);6H,1-5H2;3-4H2,1-2H3;1H;;1H/q;-2;;;+2;. The molecule has 0 amide bonds. The van der Waals surface area contributed by atoms with E-state index >= 15 is 0 Å². The number of unbranched alkanes of at least 4 members (excludes halogenated alkanes) is 3. The van der Waals surface area contributed by atoms with Crippen molar-refractivity contribution in [2.24, 2.45) is 0 Å². The van der Waals surface area contributed by atoms with Crippen molar-refractivity contribution in [3.05, 3.63) is 12.7 Å². The second-order valence-corrected chi connectivity index (χ2v) is 5.53. The Hall–Kier alpha value is -0.472. The molecule has 0 aliphatic carbocycles. The third kappa shape index (κ3) is 33.1. The van der Waals surface area contributed by atoms with Gasteiger partial charge < -0.3 is 27.8 Å². The fourth-order valence-electron chi connectivity index (χ4n) is 1.31. The SMILES string of the molecule is CCCC.CCN(CC)C(C(=O)O)C(=O)O.O=[P+]([O-])OO.[CH2-]CCCC[NH-].[HH].[Pt+2]. The second kappa shape index (κ2) is 31.2. The maximum atomic E-state index is 10.5. The van der Waals surface area contributed by atoms with Gasteiger partial charge in [-0.15, -0.1) is 0 Å². The summed E-state index contributed by atoms with van der Waals surface area (Å²) in [6.07, 6.45) is 5.76. The van der Waals surface area contributed by atoms with Gasteiger partial charge in [0.15, 0.2) is 0 Å². The van der Waals surface area contributed by atoms with E-state index in [0.717, 1.165) is 19.3 Å². The van der Waals surface area contributed by atoms with Crippen molar-refractivity contribution < 1.29 is 61.7 Å². The molecule has 0 aromatic heterocycles. The molecule has 0 heterocycles. The average molecular weight is 612 g/mol. The molecule has 0 saturated heterocycles. The zero-order valence-corrected chi connectivity index (χ0v) is 20.2. The minimum absolute atomic E-state index is 0. The number of rotatable bonds is 10. The fourth-order valence-corrected chi connectivity index (χ4v) is 1.31. The Kier molecular flexibility index (Phi) is 42.6. The van der Waals surface area contributed by atoms with Crippen molar-refractivity contribution in [2.45, 2.75) is 65.8 Å². The number of carboxylic acid groups (broad SMARTS) is 2. The van der Waals surface area contributed by atoms with Crippen LogP contribution in [-0.2, 0) is 39.9 Å². The van der Waals surface area contributed by atoms with E-state index in [9.17, 15) is 9.59 Å². The molecule has 0 bridgehead atoms. The molecule has 0 aromatic rings. The molecule has 1 atom stereocenters. The van der Waals surface area contributed by atoms with E-state index in [1.54, 1.807) is 13.8 Å². The summed E-state index contributed by atoms with van der Waals surface area (Å²) in [4.78, 5) is 31.3. The largest absolute Gasteiger partial charge is 2.00 e. The molecule has 0 aliphatic rings. The van der Waals surface area contributed by atoms with Crippen molar-refractivity contribution in [3.63, 3.8) is 0 Å². The van der Waals surface area contributed by atoms with Crippen molar-refractivity contribution in [2.75, 3.05) is 19.6 Å². The summed E-state index contributed by atoms with van der Waals surface area (Å²) in [6, 6.07) is -1.42. The van der Waals surface area contributed by atoms with Gasteiger partial charge in [0.25, 0.3) is 0 Å². The Morgan fingerprint density at radius 2 is 1.50 bits per heavy atom. The molecule has 0 fully saturated rings. The van der Waals surface area contributed by atoms with Crippen molar-refractivity contribution >= 4 is 20.2 Å². The minimum Gasteiger partial charge on any atom is -0.677 e. The van der Waals surface area contributed by atoms with Crippen LogP contribution in [0.15, 0.2) is 0 Å². The van der Waals surface area contributed by atoms with E-state index in [1.165, 1.54) is 17.7 Å². The van der Waals surface area contributed by atoms with E-state index in [0.29, 0.717) is 19.6 Å². The number of likely N-dealkylation sites (N-methyl/N-ethyl adjacent to an activating group) is 1. The van der Waals surface area contributed by atoms with Crippen LogP contribution in [0.3, 0.4) is 0 Å². The summed E-state index contributed by atoms with van der Waals surface area (Å²) in [5.41, 5.74) is 6.68. The smallest absolute Gasteiger partial charge is 0.677 e. The van der Waals surface area contributed by atoms with E-state index in [4.69, 9.17) is 30.7 Å². The number of hydrogen-bond acceptors (Lipinski definition) is 7. The molecule has 1 unspecified atom stereocenters. The van der Waals surface area contributed by atoms with Crippen LogP contribution in [0.4, 0.5) is 0 Å². The van der Waals surface area contributed by atoms with Crippen LogP contribution >= 0.6 is 8.25 Å². The molecule has 0 aromatic carbocycles. The first-order chi connectivity index (χ1) is 12.6. The Bertz CT molecular complexity index is 348. The van der Waals surface area contributed by atoms with E-state index < -0.39 is 26.2 Å². The first-order valence-corrected chi connectivity index (χ1v) is 9.83. The molecule has 0 saturated carbocycles. The third-order valence-electron chi connectivity index (χ3n) is 2.89. The van der Waals surface area contributed by atoms with Crippen molar-refractivity contribution in [1.82, 2.24) is 4.90 Å². The Balaban J connectivity index is -0.0000000662. The van der Waals surface area contributed by atoms with Crippen LogP contribution in [-0.4, -0.2) is 58.0 Å². The number of nitrogens with one attached hydrogen (secondary N) is 1. The minimum atomic E-state index is -3.04. The molecule has 0 aliphatic heterocycles. The molecule has 0 radical (unpaired) electrons. The van der Waals surface area contributed by atoms with Gasteiger partial charge >= 0.3 is 41.3 Å². The van der Waals surface area contributed by atoms with Gasteiger partial charge in [-0.05, 0) is 17.7 Å². The Morgan fingerprint density at radius 3 is 1.57 bits per heavy atom. The molecular weight excluding hydrogens is 574 g/mol. The van der Waals surface area contributed by atoms with Crippen molar-refractivity contribution in [3.8, 4) is 0 Å². The van der Waals surface area contributed by atoms with Gasteiger partial charge in [-0.1, -0.05) is 53.4 Å². The van der Waals surface area contributed by atoms with Gasteiger partial charge in [-0.25, -0.2) is 14.8 Å².